The molecule has 0 heterocycles. The minimum atomic E-state index is -3.81. The summed E-state index contributed by atoms with van der Waals surface area (Å²) in [6, 6.07) is 0. The molecule has 0 aromatic rings. The molecule has 0 saturated carbocycles. The fraction of sp³-hybridized carbons (Fsp3) is 0.286. The zero-order chi connectivity index (χ0) is 15.7. The van der Waals surface area contributed by atoms with Gasteiger partial charge in [0.25, 0.3) is 0 Å². The van der Waals surface area contributed by atoms with Crippen molar-refractivity contribution < 1.29 is 48.8 Å². The largest absolute Gasteiger partial charge is 0.346 e. The summed E-state index contributed by atoms with van der Waals surface area (Å²) in [5.74, 6) is 0. The molecule has 11 heteroatoms. The van der Waals surface area contributed by atoms with Crippen LogP contribution in [0, 0.1) is 20.8 Å². The van der Waals surface area contributed by atoms with Gasteiger partial charge in [-0.25, -0.2) is 19.6 Å². The van der Waals surface area contributed by atoms with Gasteiger partial charge < -0.3 is 43.2 Å². The molecule has 18 heavy (non-hydrogen) atoms. The van der Waals surface area contributed by atoms with Crippen molar-refractivity contribution in [1.82, 2.24) is 0 Å². The second-order valence-corrected chi connectivity index (χ2v) is 6.31. The van der Waals surface area contributed by atoms with Crippen LogP contribution in [-0.4, -0.2) is 29.4 Å². The Morgan fingerprint density at radius 1 is 0.833 bits per heavy atom. The zero-order valence-corrected chi connectivity index (χ0v) is 16.9. The van der Waals surface area contributed by atoms with Crippen molar-refractivity contribution >= 4 is 37.1 Å². The molecule has 0 aromatic heterocycles. The van der Waals surface area contributed by atoms with Gasteiger partial charge >= 0.3 is 13.4 Å². The standard InChI is InChI=1S/C3H5.2C2H5.2H3O3PS.Zn/c1-3-2;2*1-2;2*1-4(2,3)5;/h3H,1-2H2;2*1H2,2H3;2*(H3,1,2,3,5);/q3*-1;;;. The number of hydrogen-bond donors (Lipinski definition) is 6. The molecule has 0 fully saturated rings. The van der Waals surface area contributed by atoms with Gasteiger partial charge in [-0.05, 0) is 23.6 Å². The molecule has 0 aliphatic carbocycles. The predicted molar refractivity (Wildman–Crippen MR) is 79.5 cm³/mol. The summed E-state index contributed by atoms with van der Waals surface area (Å²) in [7, 11) is 0. The minimum Gasteiger partial charge on any atom is -0.346 e. The Morgan fingerprint density at radius 2 is 0.833 bits per heavy atom. The second-order valence-electron chi connectivity index (χ2n) is 1.32. The van der Waals surface area contributed by atoms with E-state index in [2.05, 4.69) is 51.0 Å². The molecule has 0 aromatic carbocycles. The third kappa shape index (κ3) is 2740. The van der Waals surface area contributed by atoms with Gasteiger partial charge in [-0.2, -0.15) is 13.8 Å². The summed E-state index contributed by atoms with van der Waals surface area (Å²) in [4.78, 5) is 45.3. The first-order chi connectivity index (χ1) is 7.41. The van der Waals surface area contributed by atoms with Crippen molar-refractivity contribution in [2.45, 2.75) is 13.8 Å². The molecule has 0 unspecified atom stereocenters. The Bertz CT molecular complexity index is 181. The molecule has 0 amide bonds. The number of rotatable bonds is 0. The van der Waals surface area contributed by atoms with Gasteiger partial charge in [0.05, 0.1) is 0 Å². The Kier molecular flexibility index (Phi) is 54.4. The third-order valence-electron chi connectivity index (χ3n) is 0. The van der Waals surface area contributed by atoms with E-state index in [9.17, 15) is 0 Å². The molecule has 0 atom stereocenters. The average Bonchev–Trinajstić information content (AvgIpc) is 2.06. The van der Waals surface area contributed by atoms with Crippen molar-refractivity contribution in [2.75, 3.05) is 0 Å². The fourth-order valence-corrected chi connectivity index (χ4v) is 0. The normalized spacial score (nSPS) is 7.89. The summed E-state index contributed by atoms with van der Waals surface area (Å²) in [5, 5.41) is 0. The van der Waals surface area contributed by atoms with Crippen LogP contribution >= 0.6 is 13.4 Å². The Hall–Kier alpha value is 1.29. The van der Waals surface area contributed by atoms with Gasteiger partial charge in [-0.3, -0.25) is 0 Å². The molecule has 0 bridgehead atoms. The van der Waals surface area contributed by atoms with Crippen molar-refractivity contribution in [2.24, 2.45) is 0 Å². The zero-order valence-electron chi connectivity index (χ0n) is 10.5. The van der Waals surface area contributed by atoms with Crippen LogP contribution in [-0.2, 0) is 43.1 Å². The van der Waals surface area contributed by atoms with E-state index in [4.69, 9.17) is 29.4 Å². The maximum absolute atomic E-state index is 7.56. The molecule has 0 aliphatic rings. The van der Waals surface area contributed by atoms with Crippen LogP contribution in [0.2, 0.25) is 0 Å². The summed E-state index contributed by atoms with van der Waals surface area (Å²) < 4.78 is 0. The van der Waals surface area contributed by atoms with Gasteiger partial charge in [0, 0.05) is 19.5 Å². The molecule has 6 nitrogen and oxygen atoms in total. The van der Waals surface area contributed by atoms with Gasteiger partial charge in [0.2, 0.25) is 0 Å². The van der Waals surface area contributed by atoms with E-state index in [0.717, 1.165) is 0 Å². The Labute approximate surface area is 133 Å². The van der Waals surface area contributed by atoms with Crippen LogP contribution in [0.1, 0.15) is 13.8 Å². The second kappa shape index (κ2) is 26.8. The predicted octanol–water partition coefficient (Wildman–Crippen LogP) is 1.06. The molecule has 0 spiro atoms. The van der Waals surface area contributed by atoms with Crippen LogP contribution in [0.15, 0.2) is 12.7 Å². The topological polar surface area (TPSA) is 121 Å². The molecular weight excluding hydrogens is 372 g/mol. The first-order valence-electron chi connectivity index (χ1n) is 3.80. The Morgan fingerprint density at radius 3 is 0.833 bits per heavy atom. The first-order valence-corrected chi connectivity index (χ1v) is 9.12. The monoisotopic (exact) mass is 391 g/mol. The molecule has 0 radical (unpaired) electrons. The average molecular weight is 393 g/mol. The summed E-state index contributed by atoms with van der Waals surface area (Å²) >= 11 is 7.21. The van der Waals surface area contributed by atoms with Crippen molar-refractivity contribution in [3.05, 3.63) is 33.4 Å². The van der Waals surface area contributed by atoms with Crippen LogP contribution in [0.4, 0.5) is 0 Å². The number of allylic oxidation sites excluding steroid dienone is 1. The number of hydrogen-bond acceptors (Lipinski definition) is 2. The van der Waals surface area contributed by atoms with E-state index in [1.165, 1.54) is 6.08 Å². The van der Waals surface area contributed by atoms with Crippen LogP contribution in [0.25, 0.3) is 0 Å². The summed E-state index contributed by atoms with van der Waals surface area (Å²) in [5.41, 5.74) is 0. The molecule has 0 rings (SSSR count). The van der Waals surface area contributed by atoms with E-state index < -0.39 is 13.4 Å². The molecular formula is C7H21O6P2S2Zn-3. The maximum atomic E-state index is 7.56. The van der Waals surface area contributed by atoms with E-state index in [-0.39, 0.29) is 19.5 Å². The van der Waals surface area contributed by atoms with E-state index >= 15 is 0 Å². The quantitative estimate of drug-likeness (QED) is 0.206. The van der Waals surface area contributed by atoms with Gasteiger partial charge in [-0.15, -0.1) is 0 Å². The van der Waals surface area contributed by atoms with Crippen molar-refractivity contribution in [3.8, 4) is 0 Å². The molecule has 0 aliphatic heterocycles. The van der Waals surface area contributed by atoms with Crippen LogP contribution in [0.5, 0.6) is 0 Å². The van der Waals surface area contributed by atoms with E-state index in [0.29, 0.717) is 0 Å². The summed E-state index contributed by atoms with van der Waals surface area (Å²) in [6.07, 6.45) is 1.50. The first kappa shape index (κ1) is 36.5. The van der Waals surface area contributed by atoms with E-state index in [1.54, 1.807) is 13.8 Å². The minimum absolute atomic E-state index is 0. The fourth-order valence-electron chi connectivity index (χ4n) is 0. The maximum Gasteiger partial charge on any atom is 0.319 e. The molecule has 0 saturated heterocycles. The van der Waals surface area contributed by atoms with E-state index in [1.807, 2.05) is 0 Å². The molecule has 6 N–H and O–H groups in total. The van der Waals surface area contributed by atoms with Gasteiger partial charge in [-0.1, -0.05) is 0 Å². The van der Waals surface area contributed by atoms with Gasteiger partial charge in [0.15, 0.2) is 0 Å². The Balaban J connectivity index is -0.0000000262. The van der Waals surface area contributed by atoms with Crippen molar-refractivity contribution in [1.29, 1.82) is 0 Å². The van der Waals surface area contributed by atoms with Crippen LogP contribution < -0.4 is 0 Å². The van der Waals surface area contributed by atoms with Gasteiger partial charge in [0.1, 0.15) is 0 Å². The smallest absolute Gasteiger partial charge is 0.319 e. The summed E-state index contributed by atoms with van der Waals surface area (Å²) in [6.45, 7) is 8.89. The van der Waals surface area contributed by atoms with Crippen molar-refractivity contribution in [3.63, 3.8) is 0 Å². The molecule has 112 valence electrons. The van der Waals surface area contributed by atoms with Crippen LogP contribution in [0.3, 0.4) is 0 Å². The third-order valence-corrected chi connectivity index (χ3v) is 0. The SMILES string of the molecule is C=C[CH2-].OP(O)(O)=S.OP(O)(O)=S.[CH2-]C.[CH2-]C.[Zn].